The fourth-order valence-electron chi connectivity index (χ4n) is 3.71. The molecule has 3 nitrogen and oxygen atoms in total. The molecule has 0 rings (SSSR count). The average molecular weight is 410 g/mol. The van der Waals surface area contributed by atoms with E-state index in [0.29, 0.717) is 6.42 Å². The molecule has 4 N–H and O–H groups in total. The first-order valence-electron chi connectivity index (χ1n) is 12.0. The van der Waals surface area contributed by atoms with E-state index in [0.717, 1.165) is 12.8 Å². The summed E-state index contributed by atoms with van der Waals surface area (Å²) in [5.41, 5.74) is 0. The molecule has 0 fully saturated rings. The number of carboxylic acids is 1. The molecule has 0 aromatic carbocycles. The number of unbranched alkanes of at least 4 members (excludes halogenated alkanes) is 20. The second kappa shape index (κ2) is 29.6. The maximum atomic E-state index is 10.4. The summed E-state index contributed by atoms with van der Waals surface area (Å²) in [4.78, 5) is 10.4. The van der Waals surface area contributed by atoms with Crippen LogP contribution in [0.5, 0.6) is 0 Å². The van der Waals surface area contributed by atoms with Crippen LogP contribution in [0.3, 0.4) is 0 Å². The third-order valence-electron chi connectivity index (χ3n) is 5.49. The van der Waals surface area contributed by atoms with Crippen LogP contribution in [0.4, 0.5) is 0 Å². The van der Waals surface area contributed by atoms with Crippen molar-refractivity contribution in [3.8, 4) is 0 Å². The van der Waals surface area contributed by atoms with Crippen molar-refractivity contribution in [3.63, 3.8) is 0 Å². The van der Waals surface area contributed by atoms with Crippen molar-refractivity contribution in [2.45, 2.75) is 148 Å². The van der Waals surface area contributed by atoms with E-state index in [1.54, 1.807) is 0 Å². The molecule has 0 saturated heterocycles. The van der Waals surface area contributed by atoms with E-state index in [4.69, 9.17) is 5.11 Å². The van der Waals surface area contributed by atoms with Gasteiger partial charge in [-0.3, -0.25) is 4.79 Å². The van der Waals surface area contributed by atoms with Crippen LogP contribution in [0.25, 0.3) is 0 Å². The van der Waals surface area contributed by atoms with Crippen LogP contribution in [0.15, 0.2) is 0 Å². The molecule has 0 spiro atoms. The van der Waals surface area contributed by atoms with Crippen LogP contribution in [0, 0.1) is 0 Å². The summed E-state index contributed by atoms with van der Waals surface area (Å²) >= 11 is 0. The molecule has 0 aliphatic carbocycles. The first-order chi connectivity index (χ1) is 12.8. The van der Waals surface area contributed by atoms with Gasteiger partial charge in [-0.1, -0.05) is 135 Å². The molecule has 0 aliphatic heterocycles. The molecule has 28 heavy (non-hydrogen) atoms. The maximum absolute atomic E-state index is 10.4. The largest absolute Gasteiger partial charge is 1.00 e. The zero-order chi connectivity index (χ0) is 19.1. The van der Waals surface area contributed by atoms with Gasteiger partial charge in [0.25, 0.3) is 0 Å². The van der Waals surface area contributed by atoms with E-state index in [9.17, 15) is 4.79 Å². The van der Waals surface area contributed by atoms with Crippen LogP contribution in [0.1, 0.15) is 150 Å². The minimum atomic E-state index is -0.650. The fraction of sp³-hybridized carbons (Fsp3) is 0.958. The molecule has 0 unspecified atom stereocenters. The number of carbonyl (C=O) groups is 1. The topological polar surface area (TPSA) is 72.3 Å². The normalized spacial score (nSPS) is 10.3. The Morgan fingerprint density at radius 1 is 0.536 bits per heavy atom. The molecule has 0 bridgehead atoms. The van der Waals surface area contributed by atoms with Gasteiger partial charge < -0.3 is 12.7 Å². The molecular weight excluding hydrogens is 357 g/mol. The third-order valence-corrected chi connectivity index (χ3v) is 5.49. The molecule has 0 heterocycles. The Morgan fingerprint density at radius 2 is 0.750 bits per heavy atom. The second-order valence-electron chi connectivity index (χ2n) is 8.21. The van der Waals surface area contributed by atoms with Crippen LogP contribution in [0.2, 0.25) is 0 Å². The minimum Gasteiger partial charge on any atom is -1.00 e. The summed E-state index contributed by atoms with van der Waals surface area (Å²) in [5.74, 6) is -0.650. The quantitative estimate of drug-likeness (QED) is 0.171. The number of carboxylic acid groups (broad SMARTS) is 1. The zero-order valence-electron chi connectivity index (χ0n) is 20.6. The van der Waals surface area contributed by atoms with E-state index in [2.05, 4.69) is 6.92 Å². The minimum absolute atomic E-state index is 0. The van der Waals surface area contributed by atoms with E-state index in [1.165, 1.54) is 122 Å². The Labute approximate surface area is 200 Å². The van der Waals surface area contributed by atoms with Gasteiger partial charge in [0.2, 0.25) is 0 Å². The Morgan fingerprint density at radius 3 is 0.964 bits per heavy atom. The van der Waals surface area contributed by atoms with E-state index >= 15 is 0 Å². The van der Waals surface area contributed by atoms with Crippen LogP contribution < -0.4 is 35.7 Å². The third kappa shape index (κ3) is 31.1. The van der Waals surface area contributed by atoms with Crippen LogP contribution in [-0.2, 0) is 4.79 Å². The summed E-state index contributed by atoms with van der Waals surface area (Å²) in [6, 6.07) is 0. The van der Waals surface area contributed by atoms with Crippen molar-refractivity contribution in [3.05, 3.63) is 0 Å². The van der Waals surface area contributed by atoms with Gasteiger partial charge in [0.1, 0.15) is 0 Å². The van der Waals surface area contributed by atoms with E-state index in [-0.39, 0.29) is 37.1 Å². The fourth-order valence-corrected chi connectivity index (χ4v) is 3.71. The monoisotopic (exact) mass is 409 g/mol. The number of rotatable bonds is 22. The summed E-state index contributed by atoms with van der Waals surface area (Å²) < 4.78 is 0. The van der Waals surface area contributed by atoms with Gasteiger partial charge in [-0.25, -0.2) is 0 Å². The summed E-state index contributed by atoms with van der Waals surface area (Å²) in [5, 5.41) is 8.57. The molecule has 0 atom stereocenters. The van der Waals surface area contributed by atoms with E-state index in [1.807, 2.05) is 0 Å². The SMILES string of the molecule is CCCCCCCCCCCCCCCCCCCCCCCC(=O)O.N.[H-].[Na+]. The van der Waals surface area contributed by atoms with Gasteiger partial charge in [-0.2, -0.15) is 0 Å². The van der Waals surface area contributed by atoms with Gasteiger partial charge in [-0.05, 0) is 6.42 Å². The predicted octanol–water partition coefficient (Wildman–Crippen LogP) is 5.95. The summed E-state index contributed by atoms with van der Waals surface area (Å²) in [6.07, 6.45) is 29.1. The Kier molecular flexibility index (Phi) is 35.0. The first-order valence-corrected chi connectivity index (χ1v) is 12.0. The molecule has 0 aromatic heterocycles. The Balaban J connectivity index is -0.00000104. The molecule has 0 saturated carbocycles. The molecule has 166 valence electrons. The van der Waals surface area contributed by atoms with Crippen LogP contribution >= 0.6 is 0 Å². The summed E-state index contributed by atoms with van der Waals surface area (Å²) in [7, 11) is 0. The average Bonchev–Trinajstić information content (AvgIpc) is 2.62. The van der Waals surface area contributed by atoms with Crippen molar-refractivity contribution < 1.29 is 40.9 Å². The van der Waals surface area contributed by atoms with Crippen molar-refractivity contribution in [2.24, 2.45) is 0 Å². The number of hydrogen-bond acceptors (Lipinski definition) is 2. The number of hydrogen-bond donors (Lipinski definition) is 2. The van der Waals surface area contributed by atoms with Crippen molar-refractivity contribution in [2.75, 3.05) is 0 Å². The Hall–Kier alpha value is 0.430. The van der Waals surface area contributed by atoms with Crippen molar-refractivity contribution in [1.29, 1.82) is 0 Å². The molecule has 0 aliphatic rings. The first kappa shape index (κ1) is 33.1. The zero-order valence-corrected chi connectivity index (χ0v) is 21.6. The van der Waals surface area contributed by atoms with Crippen molar-refractivity contribution in [1.82, 2.24) is 6.15 Å². The second-order valence-corrected chi connectivity index (χ2v) is 8.21. The van der Waals surface area contributed by atoms with Crippen molar-refractivity contribution >= 4 is 5.97 Å². The van der Waals surface area contributed by atoms with E-state index < -0.39 is 5.97 Å². The number of aliphatic carboxylic acids is 1. The van der Waals surface area contributed by atoms with Crippen LogP contribution in [-0.4, -0.2) is 11.1 Å². The predicted molar refractivity (Wildman–Crippen MR) is 121 cm³/mol. The standard InChI is InChI=1S/C24H48O2.H3N.Na.H/c1-2-3-4-5-6-7-8-9-10-11-12-13-14-15-16-17-18-19-20-21-22-23-24(25)26;;;/h2-23H2,1H3,(H,25,26);1H3;;/q;;+1;-1. The van der Waals surface area contributed by atoms with Gasteiger partial charge in [0, 0.05) is 6.42 Å². The molecule has 0 amide bonds. The van der Waals surface area contributed by atoms with Gasteiger partial charge in [0.05, 0.1) is 0 Å². The molecule has 0 radical (unpaired) electrons. The Bertz CT molecular complexity index is 294. The summed E-state index contributed by atoms with van der Waals surface area (Å²) in [6.45, 7) is 2.29. The van der Waals surface area contributed by atoms with Gasteiger partial charge in [-0.15, -0.1) is 0 Å². The molecule has 0 aromatic rings. The van der Waals surface area contributed by atoms with Gasteiger partial charge >= 0.3 is 35.5 Å². The molecule has 4 heteroatoms. The molecular formula is C24H52NNaO2. The maximum Gasteiger partial charge on any atom is 1.00 e. The van der Waals surface area contributed by atoms with Gasteiger partial charge in [0.15, 0.2) is 0 Å². The smallest absolute Gasteiger partial charge is 1.00 e.